The molecule has 1 atom stereocenters. The van der Waals surface area contributed by atoms with E-state index >= 15 is 0 Å². The molecule has 282 valence electrons. The van der Waals surface area contributed by atoms with Gasteiger partial charge in [-0.1, -0.05) is 164 Å². The highest BCUT2D eigenvalue weighted by Gasteiger charge is 2.52. The lowest BCUT2D eigenvalue weighted by molar-refractivity contribution is 0.437. The first-order valence-electron chi connectivity index (χ1n) is 20.8. The van der Waals surface area contributed by atoms with Crippen molar-refractivity contribution >= 4 is 74.7 Å². The van der Waals surface area contributed by atoms with E-state index in [2.05, 4.69) is 194 Å². The predicted molar refractivity (Wildman–Crippen MR) is 253 cm³/mol. The summed E-state index contributed by atoms with van der Waals surface area (Å²) in [5, 5.41) is 10.9. The second-order valence-corrected chi connectivity index (χ2v) is 17.4. The summed E-state index contributed by atoms with van der Waals surface area (Å²) < 4.78 is 9.12. The normalized spacial score (nSPS) is 15.1. The SMILES string of the molecule is c1ccc2c(c1)Oc1cc3ccccc3cc1C21c2ccccc2-c2c(-c3nc(-c4ccc5c6ccccc6c6ccccc6c5c4)nc4c3sc3ccccc34)cccc21. The van der Waals surface area contributed by atoms with Crippen molar-refractivity contribution in [1.29, 1.82) is 0 Å². The summed E-state index contributed by atoms with van der Waals surface area (Å²) >= 11 is 1.78. The van der Waals surface area contributed by atoms with E-state index in [4.69, 9.17) is 14.7 Å². The molecule has 1 spiro atoms. The van der Waals surface area contributed by atoms with E-state index in [0.29, 0.717) is 0 Å². The van der Waals surface area contributed by atoms with Crippen molar-refractivity contribution in [3.05, 3.63) is 216 Å². The minimum absolute atomic E-state index is 0.618. The number of fused-ring (bicyclic) bond motifs is 19. The Balaban J connectivity index is 1.08. The maximum atomic E-state index is 6.84. The Morgan fingerprint density at radius 2 is 1.02 bits per heavy atom. The Morgan fingerprint density at radius 3 is 1.82 bits per heavy atom. The molecule has 1 unspecified atom stereocenters. The summed E-state index contributed by atoms with van der Waals surface area (Å²) in [6.07, 6.45) is 0. The zero-order valence-corrected chi connectivity index (χ0v) is 33.5. The average molecular weight is 793 g/mol. The third-order valence-corrected chi connectivity index (χ3v) is 14.5. The number of benzene rings is 10. The number of hydrogen-bond acceptors (Lipinski definition) is 4. The van der Waals surface area contributed by atoms with Gasteiger partial charge in [0.1, 0.15) is 11.5 Å². The smallest absolute Gasteiger partial charge is 0.160 e. The molecule has 1 aliphatic heterocycles. The largest absolute Gasteiger partial charge is 0.457 e. The van der Waals surface area contributed by atoms with Gasteiger partial charge in [-0.3, -0.25) is 0 Å². The highest BCUT2D eigenvalue weighted by atomic mass is 32.1. The van der Waals surface area contributed by atoms with Crippen LogP contribution in [0.25, 0.3) is 97.2 Å². The van der Waals surface area contributed by atoms with Gasteiger partial charge in [-0.15, -0.1) is 11.3 Å². The summed E-state index contributed by atoms with van der Waals surface area (Å²) in [5.74, 6) is 2.49. The summed E-state index contributed by atoms with van der Waals surface area (Å²) in [6, 6.07) is 70.5. The van der Waals surface area contributed by atoms with Gasteiger partial charge in [0.2, 0.25) is 0 Å². The highest BCUT2D eigenvalue weighted by molar-refractivity contribution is 7.26. The van der Waals surface area contributed by atoms with E-state index in [1.807, 2.05) is 0 Å². The molecule has 2 aromatic heterocycles. The third-order valence-electron chi connectivity index (χ3n) is 13.3. The van der Waals surface area contributed by atoms with Crippen LogP contribution in [0.4, 0.5) is 0 Å². The molecule has 12 aromatic rings. The highest BCUT2D eigenvalue weighted by Crippen LogP contribution is 2.64. The van der Waals surface area contributed by atoms with Gasteiger partial charge in [-0.2, -0.15) is 0 Å². The monoisotopic (exact) mass is 792 g/mol. The van der Waals surface area contributed by atoms with E-state index in [1.165, 1.54) is 64.7 Å². The maximum Gasteiger partial charge on any atom is 0.160 e. The fourth-order valence-corrected chi connectivity index (χ4v) is 11.9. The van der Waals surface area contributed by atoms with Crippen LogP contribution in [0.15, 0.2) is 194 Å². The fourth-order valence-electron chi connectivity index (χ4n) is 10.8. The molecule has 14 rings (SSSR count). The quantitative estimate of drug-likeness (QED) is 0.164. The first kappa shape index (κ1) is 33.2. The van der Waals surface area contributed by atoms with Gasteiger partial charge in [0.15, 0.2) is 5.82 Å². The van der Waals surface area contributed by atoms with Gasteiger partial charge in [0, 0.05) is 32.3 Å². The van der Waals surface area contributed by atoms with Crippen molar-refractivity contribution in [2.24, 2.45) is 0 Å². The van der Waals surface area contributed by atoms with Gasteiger partial charge in [0.25, 0.3) is 0 Å². The van der Waals surface area contributed by atoms with Crippen molar-refractivity contribution in [2.45, 2.75) is 5.41 Å². The number of para-hydroxylation sites is 1. The van der Waals surface area contributed by atoms with Crippen molar-refractivity contribution < 1.29 is 4.74 Å². The number of thiophene rings is 1. The number of ether oxygens (including phenoxy) is 1. The van der Waals surface area contributed by atoms with Crippen molar-refractivity contribution in [2.75, 3.05) is 0 Å². The molecule has 10 aromatic carbocycles. The molecule has 2 aliphatic rings. The van der Waals surface area contributed by atoms with Gasteiger partial charge in [-0.05, 0) is 95.7 Å². The van der Waals surface area contributed by atoms with E-state index < -0.39 is 5.41 Å². The fraction of sp³-hybridized carbons (Fsp3) is 0.0175. The Morgan fingerprint density at radius 1 is 0.410 bits per heavy atom. The standard InChI is InChI=1S/C57H32N2OS/c1-2-15-34-32-50-48(31-33(34)14-1)57(46-24-10-11-26-49(46)60-50)45-23-9-7-20-41(45)52-43(22-13-25-47(52)57)54-55-53(42-21-8-12-27-51(42)61-55)58-56(59-54)35-28-29-40-38-18-4-3-16-36(38)37-17-5-6-19-39(37)44(40)30-35/h1-32H. The lowest BCUT2D eigenvalue weighted by Gasteiger charge is -2.39. The van der Waals surface area contributed by atoms with Gasteiger partial charge in [-0.25, -0.2) is 9.97 Å². The van der Waals surface area contributed by atoms with Crippen LogP contribution in [0.5, 0.6) is 11.5 Å². The van der Waals surface area contributed by atoms with E-state index in [-0.39, 0.29) is 0 Å². The zero-order chi connectivity index (χ0) is 39.8. The van der Waals surface area contributed by atoms with Gasteiger partial charge in [0.05, 0.1) is 21.3 Å². The molecule has 0 saturated heterocycles. The lowest BCUT2D eigenvalue weighted by Crippen LogP contribution is -2.32. The molecule has 3 nitrogen and oxygen atoms in total. The van der Waals surface area contributed by atoms with Crippen LogP contribution in [-0.2, 0) is 5.41 Å². The molecule has 0 bridgehead atoms. The first-order valence-corrected chi connectivity index (χ1v) is 21.6. The molecule has 0 saturated carbocycles. The third kappa shape index (κ3) is 4.41. The molecular weight excluding hydrogens is 761 g/mol. The predicted octanol–water partition coefficient (Wildman–Crippen LogP) is 15.3. The second-order valence-electron chi connectivity index (χ2n) is 16.3. The summed E-state index contributed by atoms with van der Waals surface area (Å²) in [6.45, 7) is 0. The summed E-state index contributed by atoms with van der Waals surface area (Å²) in [5.41, 5.74) is 10.6. The van der Waals surface area contributed by atoms with Crippen LogP contribution >= 0.6 is 11.3 Å². The number of hydrogen-bond donors (Lipinski definition) is 0. The van der Waals surface area contributed by atoms with Gasteiger partial charge < -0.3 is 4.74 Å². The van der Waals surface area contributed by atoms with Crippen molar-refractivity contribution in [1.82, 2.24) is 9.97 Å². The summed E-state index contributed by atoms with van der Waals surface area (Å²) in [7, 11) is 0. The van der Waals surface area contributed by atoms with Crippen molar-refractivity contribution in [3.8, 4) is 45.3 Å². The van der Waals surface area contributed by atoms with Crippen LogP contribution in [-0.4, -0.2) is 9.97 Å². The lowest BCUT2D eigenvalue weighted by atomic mass is 9.65. The van der Waals surface area contributed by atoms with Crippen LogP contribution in [0.3, 0.4) is 0 Å². The molecule has 0 radical (unpaired) electrons. The topological polar surface area (TPSA) is 35.0 Å². The van der Waals surface area contributed by atoms with Crippen LogP contribution < -0.4 is 4.74 Å². The summed E-state index contributed by atoms with van der Waals surface area (Å²) in [4.78, 5) is 11.1. The number of nitrogens with zero attached hydrogens (tertiary/aromatic N) is 2. The first-order chi connectivity index (χ1) is 30.2. The molecule has 1 aliphatic carbocycles. The zero-order valence-electron chi connectivity index (χ0n) is 32.7. The molecule has 0 amide bonds. The molecular formula is C57H32N2OS. The molecule has 0 fully saturated rings. The number of aromatic nitrogens is 2. The minimum Gasteiger partial charge on any atom is -0.457 e. The van der Waals surface area contributed by atoms with Crippen molar-refractivity contribution in [3.63, 3.8) is 0 Å². The second kappa shape index (κ2) is 12.2. The molecule has 4 heteroatoms. The van der Waals surface area contributed by atoms with E-state index in [9.17, 15) is 0 Å². The molecule has 61 heavy (non-hydrogen) atoms. The van der Waals surface area contributed by atoms with Gasteiger partial charge >= 0.3 is 0 Å². The Bertz CT molecular complexity index is 3850. The average Bonchev–Trinajstić information content (AvgIpc) is 3.85. The van der Waals surface area contributed by atoms with E-state index in [1.54, 1.807) is 11.3 Å². The Kier molecular flexibility index (Phi) is 6.64. The van der Waals surface area contributed by atoms with Crippen LogP contribution in [0.1, 0.15) is 22.3 Å². The van der Waals surface area contributed by atoms with E-state index in [0.717, 1.165) is 66.3 Å². The molecule has 0 N–H and O–H groups in total. The van der Waals surface area contributed by atoms with Crippen LogP contribution in [0, 0.1) is 0 Å². The molecule has 3 heterocycles. The number of rotatable bonds is 2. The van der Waals surface area contributed by atoms with Crippen LogP contribution in [0.2, 0.25) is 0 Å². The Labute approximate surface area is 354 Å². The minimum atomic E-state index is -0.618. The maximum absolute atomic E-state index is 6.84. The Hall–Kier alpha value is -7.66.